The molecule has 1 aromatic heterocycles. The molecule has 0 aliphatic heterocycles. The number of carbonyl (C=O) groups excluding carboxylic acids is 2. The summed E-state index contributed by atoms with van der Waals surface area (Å²) in [5, 5.41) is 7.44. The number of ketones is 1. The largest absolute Gasteiger partial charge is 0.493 e. The van der Waals surface area contributed by atoms with Gasteiger partial charge in [-0.05, 0) is 61.2 Å². The lowest BCUT2D eigenvalue weighted by atomic mass is 10.0. The zero-order valence-corrected chi connectivity index (χ0v) is 24.4. The van der Waals surface area contributed by atoms with E-state index in [4.69, 9.17) is 47.7 Å². The highest BCUT2D eigenvalue weighted by Crippen LogP contribution is 2.23. The van der Waals surface area contributed by atoms with E-state index in [0.717, 1.165) is 11.1 Å². The highest BCUT2D eigenvalue weighted by Gasteiger charge is 2.26. The van der Waals surface area contributed by atoms with Crippen molar-refractivity contribution < 1.29 is 28.3 Å². The second-order valence-corrected chi connectivity index (χ2v) is 9.47. The molecule has 0 spiro atoms. The van der Waals surface area contributed by atoms with Crippen molar-refractivity contribution in [1.29, 1.82) is 0 Å². The Morgan fingerprint density at radius 1 is 1.02 bits per heavy atom. The van der Waals surface area contributed by atoms with Crippen LogP contribution in [-0.2, 0) is 22.3 Å². The van der Waals surface area contributed by atoms with E-state index < -0.39 is 17.9 Å². The number of aromatic nitrogens is 2. The quantitative estimate of drug-likeness (QED) is 0.167. The number of nitrogens with zero attached hydrogens (tertiary/aromatic N) is 2. The summed E-state index contributed by atoms with van der Waals surface area (Å²) in [6, 6.07) is 12.1. The number of Topliss-reactive ketones (excluding diaryl/α,β-unsaturated/α-hetero) is 1. The number of nitrogens with two attached hydrogens (primary N) is 1. The average Bonchev–Trinajstić information content (AvgIpc) is 3.39. The van der Waals surface area contributed by atoms with Crippen LogP contribution in [0.25, 0.3) is 0 Å². The lowest BCUT2D eigenvalue weighted by Gasteiger charge is -2.15. The summed E-state index contributed by atoms with van der Waals surface area (Å²) in [5.74, 6) is 0.414. The second kappa shape index (κ2) is 17.7. The first-order valence-electron chi connectivity index (χ1n) is 12.5. The monoisotopic (exact) mass is 614 g/mol. The summed E-state index contributed by atoms with van der Waals surface area (Å²) < 4.78 is 21.0. The van der Waals surface area contributed by atoms with Gasteiger partial charge < -0.3 is 29.8 Å². The first-order valence-corrected chi connectivity index (χ1v) is 13.3. The fourth-order valence-electron chi connectivity index (χ4n) is 3.61. The molecule has 1 amide bonds. The van der Waals surface area contributed by atoms with Crippen molar-refractivity contribution in [2.45, 2.75) is 38.1 Å². The highest BCUT2D eigenvalue weighted by molar-refractivity contribution is 6.42. The summed E-state index contributed by atoms with van der Waals surface area (Å²) in [5.41, 5.74) is 7.49. The third-order valence-corrected chi connectivity index (χ3v) is 6.43. The van der Waals surface area contributed by atoms with Crippen molar-refractivity contribution in [1.82, 2.24) is 15.5 Å². The van der Waals surface area contributed by atoms with E-state index in [9.17, 15) is 9.59 Å². The molecule has 1 atom stereocenters. The Balaban J connectivity index is 0.00000560. The van der Waals surface area contributed by atoms with E-state index in [1.807, 2.05) is 36.4 Å². The molecule has 0 bridgehead atoms. The lowest BCUT2D eigenvalue weighted by molar-refractivity contribution is 0.0845. The van der Waals surface area contributed by atoms with Crippen molar-refractivity contribution in [3.05, 3.63) is 75.4 Å². The average molecular weight is 616 g/mol. The molecular formula is C27H33Cl3N4O6. The van der Waals surface area contributed by atoms with Gasteiger partial charge in [0.1, 0.15) is 12.4 Å². The number of hydrogen-bond acceptors (Lipinski definition) is 9. The number of amides is 1. The van der Waals surface area contributed by atoms with E-state index in [1.165, 1.54) is 7.11 Å². The molecule has 2 aromatic carbocycles. The molecule has 0 saturated heterocycles. The minimum absolute atomic E-state index is 0. The minimum Gasteiger partial charge on any atom is -0.493 e. The van der Waals surface area contributed by atoms with Crippen molar-refractivity contribution in [3.63, 3.8) is 0 Å². The molecule has 3 rings (SSSR count). The Labute approximate surface area is 249 Å². The molecule has 0 radical (unpaired) electrons. The van der Waals surface area contributed by atoms with Crippen LogP contribution in [0.4, 0.5) is 4.79 Å². The Bertz CT molecular complexity index is 1210. The second-order valence-electron chi connectivity index (χ2n) is 8.65. The Hall–Kier alpha value is -2.89. The summed E-state index contributed by atoms with van der Waals surface area (Å²) in [6.45, 7) is 1.28. The van der Waals surface area contributed by atoms with Gasteiger partial charge in [-0.2, -0.15) is 4.98 Å². The first-order chi connectivity index (χ1) is 18.9. The number of ether oxygens (including phenoxy) is 3. The number of benzene rings is 2. The van der Waals surface area contributed by atoms with Crippen LogP contribution in [0.5, 0.6) is 5.75 Å². The molecule has 0 saturated carbocycles. The molecule has 218 valence electrons. The third kappa shape index (κ3) is 10.9. The highest BCUT2D eigenvalue weighted by atomic mass is 35.5. The Morgan fingerprint density at radius 2 is 1.77 bits per heavy atom. The molecule has 0 aliphatic carbocycles. The zero-order chi connectivity index (χ0) is 28.0. The summed E-state index contributed by atoms with van der Waals surface area (Å²) >= 11 is 12.0. The predicted octanol–water partition coefficient (Wildman–Crippen LogP) is 5.06. The molecule has 0 aliphatic rings. The predicted molar refractivity (Wildman–Crippen MR) is 154 cm³/mol. The van der Waals surface area contributed by atoms with Crippen LogP contribution in [0.1, 0.15) is 46.9 Å². The molecule has 0 unspecified atom stereocenters. The minimum atomic E-state index is -0.864. The van der Waals surface area contributed by atoms with E-state index in [0.29, 0.717) is 61.1 Å². The SMILES string of the molecule is COCCOC(=O)N[C@@H](CCCCN)C(=O)c1noc(Cc2ccc(OCCc3ccc(Cl)c(Cl)c3)cc2)n1.Cl. The van der Waals surface area contributed by atoms with Gasteiger partial charge in [0.25, 0.3) is 0 Å². The molecule has 3 N–H and O–H groups in total. The number of nitrogens with one attached hydrogen (secondary N) is 1. The molecule has 1 heterocycles. The number of unbranched alkanes of at least 4 members (excludes halogenated alkanes) is 1. The Kier molecular flexibility index (Phi) is 14.8. The lowest BCUT2D eigenvalue weighted by Crippen LogP contribution is -2.42. The van der Waals surface area contributed by atoms with E-state index >= 15 is 0 Å². The summed E-state index contributed by atoms with van der Waals surface area (Å²) in [4.78, 5) is 29.3. The molecule has 13 heteroatoms. The van der Waals surface area contributed by atoms with Crippen molar-refractivity contribution in [3.8, 4) is 5.75 Å². The zero-order valence-electron chi connectivity index (χ0n) is 22.1. The van der Waals surface area contributed by atoms with Gasteiger partial charge in [-0.1, -0.05) is 46.6 Å². The van der Waals surface area contributed by atoms with Crippen molar-refractivity contribution in [2.75, 3.05) is 33.5 Å². The van der Waals surface area contributed by atoms with Crippen LogP contribution in [0.2, 0.25) is 10.0 Å². The molecule has 0 fully saturated rings. The van der Waals surface area contributed by atoms with Crippen LogP contribution in [-0.4, -0.2) is 61.5 Å². The van der Waals surface area contributed by atoms with Crippen molar-refractivity contribution in [2.24, 2.45) is 5.73 Å². The van der Waals surface area contributed by atoms with E-state index in [-0.39, 0.29) is 37.3 Å². The van der Waals surface area contributed by atoms with Gasteiger partial charge in [0.05, 0.1) is 35.7 Å². The van der Waals surface area contributed by atoms with Crippen molar-refractivity contribution >= 4 is 47.5 Å². The maximum Gasteiger partial charge on any atom is 0.407 e. The maximum atomic E-state index is 13.0. The molecular weight excluding hydrogens is 583 g/mol. The van der Waals surface area contributed by atoms with Crippen LogP contribution < -0.4 is 15.8 Å². The van der Waals surface area contributed by atoms with Gasteiger partial charge in [-0.25, -0.2) is 4.79 Å². The Morgan fingerprint density at radius 3 is 2.48 bits per heavy atom. The van der Waals surface area contributed by atoms with Crippen LogP contribution in [0.15, 0.2) is 47.0 Å². The van der Waals surface area contributed by atoms with Gasteiger partial charge in [0.15, 0.2) is 0 Å². The molecule has 3 aromatic rings. The number of rotatable bonds is 16. The smallest absolute Gasteiger partial charge is 0.407 e. The standard InChI is InChI=1S/C27H32Cl2N4O6.ClH/c1-36-14-15-38-27(35)31-23(4-2-3-12-30)25(34)26-32-24(39-33-26)17-18-5-8-20(9-6-18)37-13-11-19-7-10-21(28)22(29)16-19;/h5-10,16,23H,2-4,11-15,17,30H2,1H3,(H,31,35);1H/t23-;/m0./s1. The van der Waals surface area contributed by atoms with E-state index in [2.05, 4.69) is 15.5 Å². The normalized spacial score (nSPS) is 11.4. The summed E-state index contributed by atoms with van der Waals surface area (Å²) in [7, 11) is 1.50. The number of carbonyl (C=O) groups is 2. The van der Waals surface area contributed by atoms with Crippen LogP contribution >= 0.6 is 35.6 Å². The molecule has 10 nitrogen and oxygen atoms in total. The van der Waals surface area contributed by atoms with E-state index in [1.54, 1.807) is 6.07 Å². The van der Waals surface area contributed by atoms with Crippen LogP contribution in [0, 0.1) is 0 Å². The number of methoxy groups -OCH3 is 1. The number of halogens is 3. The first kappa shape index (κ1) is 33.3. The van der Waals surface area contributed by atoms with Gasteiger partial charge >= 0.3 is 6.09 Å². The topological polar surface area (TPSA) is 139 Å². The maximum absolute atomic E-state index is 13.0. The number of hydrogen-bond donors (Lipinski definition) is 2. The summed E-state index contributed by atoms with van der Waals surface area (Å²) in [6.07, 6.45) is 2.00. The fourth-order valence-corrected chi connectivity index (χ4v) is 3.93. The van der Waals surface area contributed by atoms with Gasteiger partial charge in [-0.15, -0.1) is 12.4 Å². The third-order valence-electron chi connectivity index (χ3n) is 5.69. The van der Waals surface area contributed by atoms with Crippen LogP contribution in [0.3, 0.4) is 0 Å². The molecule has 40 heavy (non-hydrogen) atoms. The van der Waals surface area contributed by atoms with Gasteiger partial charge in [0, 0.05) is 13.5 Å². The number of alkyl carbamates (subject to hydrolysis) is 1. The van der Waals surface area contributed by atoms with Gasteiger partial charge in [0.2, 0.25) is 17.5 Å². The van der Waals surface area contributed by atoms with Gasteiger partial charge in [-0.3, -0.25) is 4.79 Å². The fraction of sp³-hybridized carbons (Fsp3) is 0.407.